The predicted molar refractivity (Wildman–Crippen MR) is 130 cm³/mol. The number of likely N-dealkylation sites (N-methyl/N-ethyl adjacent to an activating group) is 1. The molecule has 0 saturated carbocycles. The molecule has 9 nitrogen and oxygen atoms in total. The van der Waals surface area contributed by atoms with Crippen LogP contribution < -0.4 is 9.47 Å². The van der Waals surface area contributed by atoms with Crippen LogP contribution in [0.2, 0.25) is 0 Å². The van der Waals surface area contributed by atoms with E-state index in [1.165, 1.54) is 18.2 Å². The van der Waals surface area contributed by atoms with Gasteiger partial charge in [-0.15, -0.1) is 0 Å². The highest BCUT2D eigenvalue weighted by Gasteiger charge is 2.35. The molecule has 2 unspecified atom stereocenters. The van der Waals surface area contributed by atoms with E-state index in [0.29, 0.717) is 23.7 Å². The number of imidazole rings is 1. The summed E-state index contributed by atoms with van der Waals surface area (Å²) in [5.74, 6) is 0.230. The first-order valence-electron chi connectivity index (χ1n) is 11.3. The van der Waals surface area contributed by atoms with E-state index in [9.17, 15) is 15.0 Å². The molecule has 3 aromatic rings. The molecular formula is C26H29N3O6. The lowest BCUT2D eigenvalue weighted by molar-refractivity contribution is -0.137. The average molecular weight is 480 g/mol. The second-order valence-corrected chi connectivity index (χ2v) is 8.45. The van der Waals surface area contributed by atoms with Crippen LogP contribution in [0.4, 0.5) is 0 Å². The standard InChI is InChI=1S/C26H29N3O6/c1-4-33-24(32)10-6-17-5-9-22-23(13-17)35-26(34-22)25(18-7-8-20(30)21(31)14-18)29-15-19(27-16-29)11-12-28(2)3/h5-10,13-16,25-26,30-31H,4,11-12H2,1-3H3/b10-6+. The smallest absolute Gasteiger partial charge is 0.330 e. The molecule has 2 heterocycles. The number of phenols is 2. The molecule has 4 rings (SSSR count). The quantitative estimate of drug-likeness (QED) is 0.273. The van der Waals surface area contributed by atoms with Crippen LogP contribution >= 0.6 is 0 Å². The Balaban J connectivity index is 1.61. The van der Waals surface area contributed by atoms with Crippen molar-refractivity contribution in [3.63, 3.8) is 0 Å². The van der Waals surface area contributed by atoms with Gasteiger partial charge in [-0.3, -0.25) is 0 Å². The van der Waals surface area contributed by atoms with Gasteiger partial charge in [0, 0.05) is 25.2 Å². The van der Waals surface area contributed by atoms with Crippen LogP contribution in [0.3, 0.4) is 0 Å². The van der Waals surface area contributed by atoms with Crippen molar-refractivity contribution in [3.8, 4) is 23.0 Å². The van der Waals surface area contributed by atoms with E-state index in [0.717, 1.165) is 24.2 Å². The number of rotatable bonds is 9. The van der Waals surface area contributed by atoms with Gasteiger partial charge in [-0.05, 0) is 62.5 Å². The fourth-order valence-electron chi connectivity index (χ4n) is 3.77. The highest BCUT2D eigenvalue weighted by molar-refractivity contribution is 5.87. The lowest BCUT2D eigenvalue weighted by Crippen LogP contribution is -2.31. The Morgan fingerprint density at radius 2 is 1.97 bits per heavy atom. The van der Waals surface area contributed by atoms with E-state index < -0.39 is 18.3 Å². The monoisotopic (exact) mass is 479 g/mol. The second kappa shape index (κ2) is 10.5. The number of aromatic nitrogens is 2. The maximum atomic E-state index is 11.6. The van der Waals surface area contributed by atoms with Gasteiger partial charge in [0.15, 0.2) is 23.0 Å². The Labute approximate surface area is 203 Å². The van der Waals surface area contributed by atoms with Crippen molar-refractivity contribution in [2.45, 2.75) is 25.7 Å². The van der Waals surface area contributed by atoms with Gasteiger partial charge in [0.1, 0.15) is 6.04 Å². The highest BCUT2D eigenvalue weighted by Crippen LogP contribution is 2.41. The van der Waals surface area contributed by atoms with E-state index in [2.05, 4.69) is 9.88 Å². The van der Waals surface area contributed by atoms with Gasteiger partial charge in [-0.1, -0.05) is 12.1 Å². The van der Waals surface area contributed by atoms with Gasteiger partial charge < -0.3 is 33.9 Å². The third kappa shape index (κ3) is 5.75. The van der Waals surface area contributed by atoms with E-state index in [-0.39, 0.29) is 11.5 Å². The number of carbonyl (C=O) groups is 1. The van der Waals surface area contributed by atoms with Crippen LogP contribution in [0.15, 0.2) is 55.0 Å². The fraction of sp³-hybridized carbons (Fsp3) is 0.308. The summed E-state index contributed by atoms with van der Waals surface area (Å²) in [5, 5.41) is 19.9. The fourth-order valence-corrected chi connectivity index (χ4v) is 3.77. The van der Waals surface area contributed by atoms with Gasteiger partial charge in [0.25, 0.3) is 6.29 Å². The SMILES string of the molecule is CCOC(=O)/C=C/c1ccc2c(c1)OC(C(c1ccc(O)c(O)c1)n1cnc(CCN(C)C)c1)O2. The first-order valence-corrected chi connectivity index (χ1v) is 11.3. The maximum absolute atomic E-state index is 11.6. The third-order valence-electron chi connectivity index (χ3n) is 5.54. The number of phenolic OH excluding ortho intramolecular Hbond substituents is 2. The summed E-state index contributed by atoms with van der Waals surface area (Å²) in [7, 11) is 4.01. The first kappa shape index (κ1) is 24.2. The molecule has 35 heavy (non-hydrogen) atoms. The molecule has 9 heteroatoms. The maximum Gasteiger partial charge on any atom is 0.330 e. The van der Waals surface area contributed by atoms with E-state index in [4.69, 9.17) is 14.2 Å². The summed E-state index contributed by atoms with van der Waals surface area (Å²) in [6, 6.07) is 9.52. The molecule has 2 aromatic carbocycles. The van der Waals surface area contributed by atoms with E-state index in [1.807, 2.05) is 30.9 Å². The van der Waals surface area contributed by atoms with Crippen LogP contribution in [0.1, 0.15) is 29.8 Å². The molecule has 0 radical (unpaired) electrons. The Bertz CT molecular complexity index is 1220. The number of carbonyl (C=O) groups excluding carboxylic acids is 1. The van der Waals surface area contributed by atoms with Gasteiger partial charge in [0.05, 0.1) is 18.6 Å². The van der Waals surface area contributed by atoms with Gasteiger partial charge in [-0.2, -0.15) is 0 Å². The molecule has 0 spiro atoms. The van der Waals surface area contributed by atoms with Crippen LogP contribution in [-0.4, -0.2) is 64.2 Å². The molecule has 0 aliphatic carbocycles. The number of benzene rings is 2. The Morgan fingerprint density at radius 3 is 2.71 bits per heavy atom. The van der Waals surface area contributed by atoms with Crippen molar-refractivity contribution in [1.82, 2.24) is 14.5 Å². The number of fused-ring (bicyclic) bond motifs is 1. The Hall–Kier alpha value is -3.98. The minimum atomic E-state index is -0.755. The third-order valence-corrected chi connectivity index (χ3v) is 5.54. The van der Waals surface area contributed by atoms with Gasteiger partial charge in [0.2, 0.25) is 0 Å². The summed E-state index contributed by atoms with van der Waals surface area (Å²) in [4.78, 5) is 18.2. The lowest BCUT2D eigenvalue weighted by Gasteiger charge is -2.24. The molecule has 2 atom stereocenters. The van der Waals surface area contributed by atoms with Crippen molar-refractivity contribution in [2.24, 2.45) is 0 Å². The Morgan fingerprint density at radius 1 is 1.17 bits per heavy atom. The molecule has 1 aliphatic heterocycles. The zero-order valence-corrected chi connectivity index (χ0v) is 19.9. The normalized spacial score (nSPS) is 15.6. The van der Waals surface area contributed by atoms with Gasteiger partial charge >= 0.3 is 5.97 Å². The van der Waals surface area contributed by atoms with Crippen molar-refractivity contribution in [3.05, 3.63) is 71.8 Å². The molecule has 2 N–H and O–H groups in total. The minimum Gasteiger partial charge on any atom is -0.504 e. The number of ether oxygens (including phenoxy) is 3. The zero-order valence-electron chi connectivity index (χ0n) is 19.9. The summed E-state index contributed by atoms with van der Waals surface area (Å²) >= 11 is 0. The highest BCUT2D eigenvalue weighted by atomic mass is 16.7. The van der Waals surface area contributed by atoms with Crippen LogP contribution in [-0.2, 0) is 16.0 Å². The van der Waals surface area contributed by atoms with Crippen molar-refractivity contribution in [1.29, 1.82) is 0 Å². The number of aromatic hydroxyl groups is 2. The van der Waals surface area contributed by atoms with E-state index >= 15 is 0 Å². The second-order valence-electron chi connectivity index (χ2n) is 8.45. The average Bonchev–Trinajstić information content (AvgIpc) is 3.46. The molecule has 184 valence electrons. The summed E-state index contributed by atoms with van der Waals surface area (Å²) in [6.45, 7) is 2.92. The number of hydrogen-bond donors (Lipinski definition) is 2. The van der Waals surface area contributed by atoms with Crippen molar-refractivity contribution >= 4 is 12.0 Å². The molecule has 0 amide bonds. The molecule has 1 aromatic heterocycles. The van der Waals surface area contributed by atoms with E-state index in [1.54, 1.807) is 37.5 Å². The number of esters is 1. The zero-order chi connectivity index (χ0) is 24.9. The molecule has 0 saturated heterocycles. The molecule has 1 aliphatic rings. The first-order chi connectivity index (χ1) is 16.8. The topological polar surface area (TPSA) is 106 Å². The van der Waals surface area contributed by atoms with Crippen LogP contribution in [0.25, 0.3) is 6.08 Å². The minimum absolute atomic E-state index is 0.209. The number of nitrogens with zero attached hydrogens (tertiary/aromatic N) is 3. The largest absolute Gasteiger partial charge is 0.504 e. The summed E-state index contributed by atoms with van der Waals surface area (Å²) in [6.07, 6.45) is 6.67. The van der Waals surface area contributed by atoms with Gasteiger partial charge in [-0.25, -0.2) is 9.78 Å². The summed E-state index contributed by atoms with van der Waals surface area (Å²) in [5.41, 5.74) is 2.35. The molecule has 0 fully saturated rings. The van der Waals surface area contributed by atoms with Crippen molar-refractivity contribution in [2.75, 3.05) is 27.2 Å². The lowest BCUT2D eigenvalue weighted by atomic mass is 10.1. The summed E-state index contributed by atoms with van der Waals surface area (Å²) < 4.78 is 19.1. The predicted octanol–water partition coefficient (Wildman–Crippen LogP) is 3.36. The Kier molecular flexibility index (Phi) is 7.26. The molecule has 0 bridgehead atoms. The van der Waals surface area contributed by atoms with Crippen molar-refractivity contribution < 1.29 is 29.2 Å². The van der Waals surface area contributed by atoms with Crippen LogP contribution in [0.5, 0.6) is 23.0 Å². The molecular weight excluding hydrogens is 450 g/mol. The van der Waals surface area contributed by atoms with Crippen LogP contribution in [0, 0.1) is 0 Å². The number of hydrogen-bond acceptors (Lipinski definition) is 8.